The van der Waals surface area contributed by atoms with E-state index in [4.69, 9.17) is 9.72 Å². The highest BCUT2D eigenvalue weighted by atomic mass is 35.5. The summed E-state index contributed by atoms with van der Waals surface area (Å²) in [5, 5.41) is 10.6. The molecule has 1 aliphatic rings. The lowest BCUT2D eigenvalue weighted by Gasteiger charge is -2.20. The number of nitrogens with zero attached hydrogens (tertiary/aromatic N) is 2. The van der Waals surface area contributed by atoms with E-state index in [-0.39, 0.29) is 24.6 Å². The Labute approximate surface area is 176 Å². The van der Waals surface area contributed by atoms with E-state index in [0.29, 0.717) is 34.8 Å². The zero-order valence-electron chi connectivity index (χ0n) is 16.4. The molecule has 152 valence electrons. The van der Waals surface area contributed by atoms with Crippen LogP contribution in [-0.2, 0) is 11.3 Å². The van der Waals surface area contributed by atoms with Gasteiger partial charge < -0.3 is 14.7 Å². The van der Waals surface area contributed by atoms with Crippen molar-refractivity contribution >= 4 is 29.3 Å². The van der Waals surface area contributed by atoms with Crippen LogP contribution in [0, 0.1) is 0 Å². The van der Waals surface area contributed by atoms with Crippen LogP contribution in [0.2, 0.25) is 0 Å². The summed E-state index contributed by atoms with van der Waals surface area (Å²) < 4.78 is 6.03. The number of carboxylic acids is 1. The number of para-hydroxylation sites is 1. The van der Waals surface area contributed by atoms with E-state index in [1.807, 2.05) is 54.6 Å². The molecule has 0 bridgehead atoms. The van der Waals surface area contributed by atoms with Gasteiger partial charge in [-0.15, -0.1) is 12.4 Å². The van der Waals surface area contributed by atoms with Crippen molar-refractivity contribution < 1.29 is 14.6 Å². The Morgan fingerprint density at radius 2 is 1.90 bits per heavy atom. The second-order valence-corrected chi connectivity index (χ2v) is 7.29. The third-order valence-electron chi connectivity index (χ3n) is 5.48. The van der Waals surface area contributed by atoms with Gasteiger partial charge in [-0.2, -0.15) is 0 Å². The average Bonchev–Trinajstić information content (AvgIpc) is 3.12. The van der Waals surface area contributed by atoms with Crippen molar-refractivity contribution in [3.63, 3.8) is 0 Å². The van der Waals surface area contributed by atoms with Crippen molar-refractivity contribution in [2.24, 2.45) is 0 Å². The number of likely N-dealkylation sites (N-methyl/N-ethyl adjacent to an activating group) is 1. The molecule has 0 saturated carbocycles. The van der Waals surface area contributed by atoms with Crippen LogP contribution >= 0.6 is 12.4 Å². The van der Waals surface area contributed by atoms with E-state index in [1.54, 1.807) is 0 Å². The Kier molecular flexibility index (Phi) is 6.85. The maximum absolute atomic E-state index is 12.2. The zero-order valence-corrected chi connectivity index (χ0v) is 17.2. The third-order valence-corrected chi connectivity index (χ3v) is 5.48. The van der Waals surface area contributed by atoms with Crippen molar-refractivity contribution in [1.29, 1.82) is 0 Å². The molecule has 2 heterocycles. The summed E-state index contributed by atoms with van der Waals surface area (Å²) in [6, 6.07) is 17.5. The summed E-state index contributed by atoms with van der Waals surface area (Å²) in [5.41, 5.74) is 3.17. The molecular weight excluding hydrogens is 388 g/mol. The number of fused-ring (bicyclic) bond motifs is 1. The van der Waals surface area contributed by atoms with E-state index >= 15 is 0 Å². The number of aromatic carboxylic acids is 1. The summed E-state index contributed by atoms with van der Waals surface area (Å²) in [7, 11) is 2.11. The van der Waals surface area contributed by atoms with E-state index in [9.17, 15) is 9.90 Å². The van der Waals surface area contributed by atoms with Crippen molar-refractivity contribution in [1.82, 2.24) is 9.88 Å². The molecule has 4 rings (SSSR count). The number of pyridine rings is 1. The number of aromatic nitrogens is 1. The van der Waals surface area contributed by atoms with Gasteiger partial charge in [-0.1, -0.05) is 48.5 Å². The minimum absolute atomic E-state index is 0. The maximum atomic E-state index is 12.2. The topological polar surface area (TPSA) is 62.7 Å². The van der Waals surface area contributed by atoms with Crippen LogP contribution in [0.4, 0.5) is 0 Å². The molecule has 1 saturated heterocycles. The lowest BCUT2D eigenvalue weighted by molar-refractivity contribution is 0.0660. The standard InChI is InChI=1S/C23H24N2O3.ClH/c1-25-13-7-10-17(25)14-28-15-19-21(23(26)27)18-11-5-6-12-20(18)24-22(19)16-8-3-2-4-9-16;/h2-6,8-9,11-12,17H,7,10,13-15H2,1H3,(H,26,27);1H/t17-;/m0./s1. The molecule has 0 spiro atoms. The van der Waals surface area contributed by atoms with E-state index in [1.165, 1.54) is 6.42 Å². The van der Waals surface area contributed by atoms with Gasteiger partial charge in [0.25, 0.3) is 0 Å². The van der Waals surface area contributed by atoms with Gasteiger partial charge in [-0.3, -0.25) is 0 Å². The van der Waals surface area contributed by atoms with E-state index < -0.39 is 5.97 Å². The number of likely N-dealkylation sites (tertiary alicyclic amines) is 1. The van der Waals surface area contributed by atoms with Crippen molar-refractivity contribution in [2.45, 2.75) is 25.5 Å². The van der Waals surface area contributed by atoms with Crippen LogP contribution in [0.15, 0.2) is 54.6 Å². The molecule has 5 nitrogen and oxygen atoms in total. The summed E-state index contributed by atoms with van der Waals surface area (Å²) >= 11 is 0. The molecule has 1 atom stereocenters. The van der Waals surface area contributed by atoms with Crippen LogP contribution in [0.25, 0.3) is 22.2 Å². The Balaban J connectivity index is 0.00000240. The first-order valence-electron chi connectivity index (χ1n) is 9.63. The molecule has 0 aliphatic carbocycles. The Bertz CT molecular complexity index is 994. The smallest absolute Gasteiger partial charge is 0.336 e. The molecule has 0 radical (unpaired) electrons. The van der Waals surface area contributed by atoms with Crippen LogP contribution in [0.1, 0.15) is 28.8 Å². The summed E-state index contributed by atoms with van der Waals surface area (Å²) in [4.78, 5) is 19.3. The third kappa shape index (κ3) is 4.42. The molecule has 6 heteroatoms. The van der Waals surface area contributed by atoms with Gasteiger partial charge in [-0.05, 0) is 32.5 Å². The highest BCUT2D eigenvalue weighted by Crippen LogP contribution is 2.31. The van der Waals surface area contributed by atoms with Gasteiger partial charge >= 0.3 is 5.97 Å². The first-order chi connectivity index (χ1) is 13.6. The molecule has 1 aliphatic heterocycles. The molecule has 3 aromatic rings. The molecule has 0 unspecified atom stereocenters. The monoisotopic (exact) mass is 412 g/mol. The van der Waals surface area contributed by atoms with Crippen LogP contribution in [0.3, 0.4) is 0 Å². The van der Waals surface area contributed by atoms with Gasteiger partial charge in [0.15, 0.2) is 0 Å². The average molecular weight is 413 g/mol. The van der Waals surface area contributed by atoms with E-state index in [0.717, 1.165) is 18.5 Å². The van der Waals surface area contributed by atoms with E-state index in [2.05, 4.69) is 11.9 Å². The van der Waals surface area contributed by atoms with Gasteiger partial charge in [0.05, 0.1) is 30.0 Å². The largest absolute Gasteiger partial charge is 0.478 e. The van der Waals surface area contributed by atoms with Crippen LogP contribution in [-0.4, -0.2) is 47.2 Å². The normalized spacial score (nSPS) is 16.7. The quantitative estimate of drug-likeness (QED) is 0.639. The second-order valence-electron chi connectivity index (χ2n) is 7.29. The van der Waals surface area contributed by atoms with Crippen molar-refractivity contribution in [3.8, 4) is 11.3 Å². The Hall–Kier alpha value is -2.47. The van der Waals surface area contributed by atoms with Crippen molar-refractivity contribution in [2.75, 3.05) is 20.2 Å². The number of hydrogen-bond donors (Lipinski definition) is 1. The number of hydrogen-bond acceptors (Lipinski definition) is 4. The van der Waals surface area contributed by atoms with Gasteiger partial charge in [-0.25, -0.2) is 9.78 Å². The second kappa shape index (κ2) is 9.35. The molecule has 1 aromatic heterocycles. The Morgan fingerprint density at radius 1 is 1.17 bits per heavy atom. The number of benzene rings is 2. The lowest BCUT2D eigenvalue weighted by atomic mass is 9.97. The zero-order chi connectivity index (χ0) is 19.5. The maximum Gasteiger partial charge on any atom is 0.336 e. The molecule has 2 aromatic carbocycles. The van der Waals surface area contributed by atoms with Gasteiger partial charge in [0.2, 0.25) is 0 Å². The minimum Gasteiger partial charge on any atom is -0.478 e. The number of ether oxygens (including phenoxy) is 1. The first-order valence-corrected chi connectivity index (χ1v) is 9.63. The Morgan fingerprint density at radius 3 is 2.59 bits per heavy atom. The predicted molar refractivity (Wildman–Crippen MR) is 117 cm³/mol. The highest BCUT2D eigenvalue weighted by Gasteiger charge is 2.24. The van der Waals surface area contributed by atoms with Gasteiger partial charge in [0, 0.05) is 22.6 Å². The fourth-order valence-corrected chi connectivity index (χ4v) is 3.96. The number of carboxylic acid groups (broad SMARTS) is 1. The highest BCUT2D eigenvalue weighted by molar-refractivity contribution is 6.05. The fourth-order valence-electron chi connectivity index (χ4n) is 3.96. The molecule has 1 N–H and O–H groups in total. The molecule has 29 heavy (non-hydrogen) atoms. The van der Waals surface area contributed by atoms with Crippen molar-refractivity contribution in [3.05, 3.63) is 65.7 Å². The molecular formula is C23H25ClN2O3. The molecule has 0 amide bonds. The number of halogens is 1. The minimum atomic E-state index is -0.952. The predicted octanol–water partition coefficient (Wildman–Crippen LogP) is 4.63. The first kappa shape index (κ1) is 21.2. The fraction of sp³-hybridized carbons (Fsp3) is 0.304. The number of rotatable bonds is 6. The van der Waals surface area contributed by atoms with Crippen LogP contribution < -0.4 is 0 Å². The van der Waals surface area contributed by atoms with Crippen LogP contribution in [0.5, 0.6) is 0 Å². The number of carbonyl (C=O) groups is 1. The molecule has 1 fully saturated rings. The summed E-state index contributed by atoms with van der Waals surface area (Å²) in [6.07, 6.45) is 2.29. The SMILES string of the molecule is CN1CCC[C@H]1COCc1c(-c2ccccc2)nc2ccccc2c1C(=O)O.Cl. The van der Waals surface area contributed by atoms with Gasteiger partial charge in [0.1, 0.15) is 0 Å². The summed E-state index contributed by atoms with van der Waals surface area (Å²) in [5.74, 6) is -0.952. The lowest BCUT2D eigenvalue weighted by Crippen LogP contribution is -2.29. The summed E-state index contributed by atoms with van der Waals surface area (Å²) in [6.45, 7) is 1.91.